The molecule has 1 aromatic carbocycles. The van der Waals surface area contributed by atoms with Gasteiger partial charge in [0.1, 0.15) is 11.8 Å². The third-order valence-corrected chi connectivity index (χ3v) is 4.32. The number of hydrogen-bond donors (Lipinski definition) is 2. The van der Waals surface area contributed by atoms with Crippen molar-refractivity contribution in [3.05, 3.63) is 29.8 Å². The maximum atomic E-state index is 12.7. The fourth-order valence-electron chi connectivity index (χ4n) is 2.61. The molecular formula is C19H28N2O3. The Balaban J connectivity index is 2.02. The number of rotatable bonds is 6. The molecule has 1 atom stereocenters. The second kappa shape index (κ2) is 7.69. The number of nitrogens with one attached hydrogen (secondary N) is 2. The molecular weight excluding hydrogens is 304 g/mol. The van der Waals surface area contributed by atoms with E-state index in [-0.39, 0.29) is 11.8 Å². The van der Waals surface area contributed by atoms with Crippen LogP contribution in [0.15, 0.2) is 24.3 Å². The van der Waals surface area contributed by atoms with Crippen molar-refractivity contribution in [2.24, 2.45) is 5.92 Å². The van der Waals surface area contributed by atoms with Crippen molar-refractivity contribution < 1.29 is 14.3 Å². The summed E-state index contributed by atoms with van der Waals surface area (Å²) in [5, 5.41) is 5.67. The van der Waals surface area contributed by atoms with Crippen molar-refractivity contribution in [2.75, 3.05) is 13.2 Å². The lowest BCUT2D eigenvalue weighted by Crippen LogP contribution is -2.53. The lowest BCUT2D eigenvalue weighted by atomic mass is 9.83. The molecule has 0 unspecified atom stereocenters. The highest BCUT2D eigenvalue weighted by Crippen LogP contribution is 2.26. The molecule has 5 nitrogen and oxygen atoms in total. The van der Waals surface area contributed by atoms with E-state index in [1.165, 1.54) is 0 Å². The van der Waals surface area contributed by atoms with Crippen LogP contribution in [0.5, 0.6) is 5.75 Å². The highest BCUT2D eigenvalue weighted by molar-refractivity contribution is 5.92. The largest absolute Gasteiger partial charge is 0.493 e. The number of benzene rings is 1. The number of hydrogen-bond acceptors (Lipinski definition) is 3. The zero-order chi connectivity index (χ0) is 17.7. The first-order chi connectivity index (χ1) is 11.3. The van der Waals surface area contributed by atoms with E-state index in [0.717, 1.165) is 17.7 Å². The van der Waals surface area contributed by atoms with Gasteiger partial charge in [-0.3, -0.25) is 9.59 Å². The monoisotopic (exact) mass is 332 g/mol. The second-order valence-electron chi connectivity index (χ2n) is 7.31. The van der Waals surface area contributed by atoms with Crippen LogP contribution in [0.4, 0.5) is 0 Å². The minimum Gasteiger partial charge on any atom is -0.493 e. The maximum absolute atomic E-state index is 12.7. The molecule has 2 N–H and O–H groups in total. The van der Waals surface area contributed by atoms with Gasteiger partial charge in [0.2, 0.25) is 11.8 Å². The van der Waals surface area contributed by atoms with E-state index in [1.807, 2.05) is 38.1 Å². The van der Waals surface area contributed by atoms with Crippen LogP contribution in [0.3, 0.4) is 0 Å². The molecule has 1 heterocycles. The first-order valence-electron chi connectivity index (χ1n) is 8.62. The van der Waals surface area contributed by atoms with E-state index in [0.29, 0.717) is 25.5 Å². The topological polar surface area (TPSA) is 67.4 Å². The summed E-state index contributed by atoms with van der Waals surface area (Å²) < 4.78 is 5.68. The summed E-state index contributed by atoms with van der Waals surface area (Å²) in [5.41, 5.74) is 0.182. The quantitative estimate of drug-likeness (QED) is 0.840. The lowest BCUT2D eigenvalue weighted by molar-refractivity contribution is -0.132. The zero-order valence-electron chi connectivity index (χ0n) is 15.0. The molecule has 5 heteroatoms. The normalized spacial score (nSPS) is 18.2. The van der Waals surface area contributed by atoms with Gasteiger partial charge in [-0.15, -0.1) is 0 Å². The van der Waals surface area contributed by atoms with Gasteiger partial charge in [0.25, 0.3) is 0 Å². The molecule has 0 aromatic heterocycles. The molecule has 1 saturated heterocycles. The van der Waals surface area contributed by atoms with Gasteiger partial charge in [0.15, 0.2) is 0 Å². The molecule has 1 aliphatic heterocycles. The number of ether oxygens (including phenoxy) is 1. The number of carbonyl (C=O) groups excluding carboxylic acids is 2. The van der Waals surface area contributed by atoms with Crippen LogP contribution in [-0.2, 0) is 15.0 Å². The molecule has 2 rings (SSSR count). The maximum Gasteiger partial charge on any atom is 0.242 e. The van der Waals surface area contributed by atoms with Gasteiger partial charge in [0.05, 0.1) is 12.0 Å². The van der Waals surface area contributed by atoms with E-state index in [9.17, 15) is 9.59 Å². The van der Waals surface area contributed by atoms with Crippen molar-refractivity contribution >= 4 is 11.8 Å². The molecule has 0 radical (unpaired) electrons. The molecule has 132 valence electrons. The molecule has 1 fully saturated rings. The smallest absolute Gasteiger partial charge is 0.242 e. The number of piperidine rings is 1. The molecule has 0 spiro atoms. The van der Waals surface area contributed by atoms with Crippen molar-refractivity contribution in [2.45, 2.75) is 52.0 Å². The van der Waals surface area contributed by atoms with E-state index in [4.69, 9.17) is 4.74 Å². The lowest BCUT2D eigenvalue weighted by Gasteiger charge is -2.29. The van der Waals surface area contributed by atoms with Crippen LogP contribution in [0.2, 0.25) is 0 Å². The first-order valence-corrected chi connectivity index (χ1v) is 8.62. The van der Waals surface area contributed by atoms with Crippen LogP contribution in [0.25, 0.3) is 0 Å². The summed E-state index contributed by atoms with van der Waals surface area (Å²) in [4.78, 5) is 24.5. The van der Waals surface area contributed by atoms with Crippen LogP contribution in [-0.4, -0.2) is 31.0 Å². The average molecular weight is 332 g/mol. The third-order valence-electron chi connectivity index (χ3n) is 4.32. The van der Waals surface area contributed by atoms with Crippen LogP contribution >= 0.6 is 0 Å². The molecule has 0 aliphatic carbocycles. The highest BCUT2D eigenvalue weighted by Gasteiger charge is 2.33. The van der Waals surface area contributed by atoms with Gasteiger partial charge in [-0.1, -0.05) is 26.0 Å². The molecule has 2 amide bonds. The first kappa shape index (κ1) is 18.3. The minimum absolute atomic E-state index is 0.0946. The fourth-order valence-corrected chi connectivity index (χ4v) is 2.61. The van der Waals surface area contributed by atoms with Gasteiger partial charge >= 0.3 is 0 Å². The van der Waals surface area contributed by atoms with Gasteiger partial charge in [0, 0.05) is 6.54 Å². The van der Waals surface area contributed by atoms with Gasteiger partial charge < -0.3 is 15.4 Å². The van der Waals surface area contributed by atoms with E-state index in [2.05, 4.69) is 24.5 Å². The summed E-state index contributed by atoms with van der Waals surface area (Å²) in [6, 6.07) is 7.17. The Morgan fingerprint density at radius 3 is 2.58 bits per heavy atom. The van der Waals surface area contributed by atoms with Crippen molar-refractivity contribution in [3.8, 4) is 5.75 Å². The van der Waals surface area contributed by atoms with Gasteiger partial charge in [-0.05, 0) is 50.3 Å². The predicted octanol–water partition coefficient (Wildman–Crippen LogP) is 2.39. The van der Waals surface area contributed by atoms with Crippen molar-refractivity contribution in [1.29, 1.82) is 0 Å². The van der Waals surface area contributed by atoms with Crippen molar-refractivity contribution in [3.63, 3.8) is 0 Å². The number of carbonyl (C=O) groups is 2. The second-order valence-corrected chi connectivity index (χ2v) is 7.31. The highest BCUT2D eigenvalue weighted by atomic mass is 16.5. The van der Waals surface area contributed by atoms with Crippen LogP contribution in [0, 0.1) is 5.92 Å². The third kappa shape index (κ3) is 4.49. The average Bonchev–Trinajstić information content (AvgIpc) is 2.55. The Hall–Kier alpha value is -2.04. The summed E-state index contributed by atoms with van der Waals surface area (Å²) in [6.45, 7) is 9.29. The number of amides is 2. The summed E-state index contributed by atoms with van der Waals surface area (Å²) >= 11 is 0. The van der Waals surface area contributed by atoms with Gasteiger partial charge in [-0.2, -0.15) is 0 Å². The Kier molecular flexibility index (Phi) is 5.86. The molecule has 0 saturated carbocycles. The zero-order valence-corrected chi connectivity index (χ0v) is 15.0. The summed E-state index contributed by atoms with van der Waals surface area (Å²) in [5.74, 6) is 1.03. The Morgan fingerprint density at radius 1 is 1.33 bits per heavy atom. The van der Waals surface area contributed by atoms with Crippen LogP contribution < -0.4 is 15.4 Å². The Labute approximate surface area is 144 Å². The summed E-state index contributed by atoms with van der Waals surface area (Å²) in [7, 11) is 0. The molecule has 24 heavy (non-hydrogen) atoms. The van der Waals surface area contributed by atoms with Gasteiger partial charge in [-0.25, -0.2) is 0 Å². The SMILES string of the molecule is CC(C)COc1ccc(C(C)(C)C(=O)N[C@@H]2CCCNC2=O)cc1. The molecule has 1 aliphatic rings. The summed E-state index contributed by atoms with van der Waals surface area (Å²) in [6.07, 6.45) is 1.58. The van der Waals surface area contributed by atoms with E-state index in [1.54, 1.807) is 0 Å². The Morgan fingerprint density at radius 2 is 2.00 bits per heavy atom. The van der Waals surface area contributed by atoms with E-state index < -0.39 is 11.5 Å². The van der Waals surface area contributed by atoms with Crippen molar-refractivity contribution in [1.82, 2.24) is 10.6 Å². The minimum atomic E-state index is -0.714. The van der Waals surface area contributed by atoms with Crippen LogP contribution in [0.1, 0.15) is 46.1 Å². The molecule has 1 aromatic rings. The Bertz CT molecular complexity index is 579. The molecule has 0 bridgehead atoms. The fraction of sp³-hybridized carbons (Fsp3) is 0.579. The van der Waals surface area contributed by atoms with E-state index >= 15 is 0 Å². The predicted molar refractivity (Wildman–Crippen MR) is 94.0 cm³/mol. The standard InChI is InChI=1S/C19H28N2O3/c1-13(2)12-24-15-9-7-14(8-10-15)19(3,4)18(23)21-16-6-5-11-20-17(16)22/h7-10,13,16H,5-6,11-12H2,1-4H3,(H,20,22)(H,21,23)/t16-/m1/s1.